The third-order valence-corrected chi connectivity index (χ3v) is 5.71. The highest BCUT2D eigenvalue weighted by Gasteiger charge is 2.25. The largest absolute Gasteiger partial charge is 0.461 e. The smallest absolute Gasteiger partial charge is 0.321 e. The molecule has 6 nitrogen and oxygen atoms in total. The number of carbonyl (C=O) groups excluding carboxylic acids is 1. The van der Waals surface area contributed by atoms with Gasteiger partial charge in [-0.1, -0.05) is 6.42 Å². The molecule has 1 aromatic rings. The maximum atomic E-state index is 12.4. The molecule has 1 fully saturated rings. The van der Waals surface area contributed by atoms with Crippen LogP contribution in [-0.4, -0.2) is 38.4 Å². The fourth-order valence-corrected chi connectivity index (χ4v) is 3.67. The molecule has 0 radical (unpaired) electrons. The van der Waals surface area contributed by atoms with E-state index in [1.807, 2.05) is 6.07 Å². The van der Waals surface area contributed by atoms with E-state index in [1.165, 1.54) is 31.3 Å². The summed E-state index contributed by atoms with van der Waals surface area (Å²) >= 11 is 0. The first-order valence-corrected chi connectivity index (χ1v) is 9.03. The Bertz CT molecular complexity index is 686. The molecule has 124 valence electrons. The number of rotatable bonds is 5. The lowest BCUT2D eigenvalue weighted by atomic mass is 9.98. The summed E-state index contributed by atoms with van der Waals surface area (Å²) in [4.78, 5) is 12.0. The lowest BCUT2D eigenvalue weighted by Crippen LogP contribution is -2.35. The van der Waals surface area contributed by atoms with Gasteiger partial charge in [-0.3, -0.25) is 4.79 Å². The van der Waals surface area contributed by atoms with Crippen LogP contribution in [0.15, 0.2) is 29.2 Å². The van der Waals surface area contributed by atoms with Gasteiger partial charge < -0.3 is 4.74 Å². The Labute approximate surface area is 136 Å². The lowest BCUT2D eigenvalue weighted by Gasteiger charge is -2.23. The molecule has 0 N–H and O–H groups in total. The zero-order valence-electron chi connectivity index (χ0n) is 13.1. The van der Waals surface area contributed by atoms with E-state index in [1.54, 1.807) is 0 Å². The predicted molar refractivity (Wildman–Crippen MR) is 83.9 cm³/mol. The Morgan fingerprint density at radius 1 is 1.26 bits per heavy atom. The van der Waals surface area contributed by atoms with Gasteiger partial charge in [-0.2, -0.15) is 9.57 Å². The molecule has 0 aromatic heterocycles. The average molecular weight is 336 g/mol. The van der Waals surface area contributed by atoms with Crippen LogP contribution < -0.4 is 0 Å². The Kier molecular flexibility index (Phi) is 5.74. The molecule has 2 rings (SSSR count). The van der Waals surface area contributed by atoms with Crippen LogP contribution in [0.25, 0.3) is 0 Å². The second-order valence-corrected chi connectivity index (χ2v) is 7.69. The second-order valence-electron chi connectivity index (χ2n) is 5.65. The van der Waals surface area contributed by atoms with Crippen molar-refractivity contribution in [2.24, 2.45) is 0 Å². The van der Waals surface area contributed by atoms with Crippen molar-refractivity contribution in [3.63, 3.8) is 0 Å². The molecule has 0 atom stereocenters. The Morgan fingerprint density at radius 2 is 1.87 bits per heavy atom. The lowest BCUT2D eigenvalue weighted by molar-refractivity contribution is -0.150. The van der Waals surface area contributed by atoms with Gasteiger partial charge in [0.2, 0.25) is 10.0 Å². The molecule has 0 bridgehead atoms. The van der Waals surface area contributed by atoms with Gasteiger partial charge in [0, 0.05) is 7.05 Å². The van der Waals surface area contributed by atoms with Crippen LogP contribution in [0.5, 0.6) is 0 Å². The molecule has 23 heavy (non-hydrogen) atoms. The van der Waals surface area contributed by atoms with E-state index < -0.39 is 16.0 Å². The normalized spacial score (nSPS) is 16.0. The van der Waals surface area contributed by atoms with Gasteiger partial charge in [0.05, 0.1) is 16.5 Å². The van der Waals surface area contributed by atoms with Crippen LogP contribution in [0.3, 0.4) is 0 Å². The molecular weight excluding hydrogens is 316 g/mol. The molecular formula is C16H20N2O4S. The minimum absolute atomic E-state index is 0.0458. The molecule has 1 aromatic carbocycles. The molecule has 0 amide bonds. The maximum Gasteiger partial charge on any atom is 0.321 e. The molecule has 1 aliphatic rings. The molecule has 0 heterocycles. The van der Waals surface area contributed by atoms with Crippen LogP contribution in [0, 0.1) is 11.3 Å². The zero-order chi connectivity index (χ0) is 16.9. The second kappa shape index (κ2) is 7.57. The summed E-state index contributed by atoms with van der Waals surface area (Å²) in [7, 11) is -2.43. The molecule has 0 saturated heterocycles. The monoisotopic (exact) mass is 336 g/mol. The van der Waals surface area contributed by atoms with Crippen molar-refractivity contribution in [1.29, 1.82) is 5.26 Å². The van der Waals surface area contributed by atoms with Gasteiger partial charge in [-0.25, -0.2) is 8.42 Å². The van der Waals surface area contributed by atoms with Gasteiger partial charge >= 0.3 is 5.97 Å². The van der Waals surface area contributed by atoms with Crippen LogP contribution in [-0.2, 0) is 19.6 Å². The van der Waals surface area contributed by atoms with Crippen LogP contribution in [0.4, 0.5) is 0 Å². The third-order valence-electron chi connectivity index (χ3n) is 3.89. The Morgan fingerprint density at radius 3 is 2.43 bits per heavy atom. The summed E-state index contributed by atoms with van der Waals surface area (Å²) in [6.07, 6.45) is 4.83. The van der Waals surface area contributed by atoms with Crippen molar-refractivity contribution in [1.82, 2.24) is 4.31 Å². The first kappa shape index (κ1) is 17.4. The van der Waals surface area contributed by atoms with Gasteiger partial charge in [-0.15, -0.1) is 0 Å². The predicted octanol–water partition coefficient (Wildman–Crippen LogP) is 2.05. The van der Waals surface area contributed by atoms with E-state index in [2.05, 4.69) is 0 Å². The maximum absolute atomic E-state index is 12.4. The molecule has 1 saturated carbocycles. The fourth-order valence-electron chi connectivity index (χ4n) is 2.55. The van der Waals surface area contributed by atoms with E-state index in [0.29, 0.717) is 5.56 Å². The van der Waals surface area contributed by atoms with Crippen molar-refractivity contribution < 1.29 is 17.9 Å². The average Bonchev–Trinajstić information content (AvgIpc) is 2.55. The standard InChI is InChI=1S/C16H20N2O4S/c1-18(12-16(19)22-14-5-3-2-4-6-14)23(20,21)15-9-7-13(11-17)8-10-15/h7-10,14H,2-6,12H2,1H3. The van der Waals surface area contributed by atoms with Crippen molar-refractivity contribution in [3.8, 4) is 6.07 Å². The first-order valence-electron chi connectivity index (χ1n) is 7.59. The summed E-state index contributed by atoms with van der Waals surface area (Å²) < 4.78 is 31.1. The molecule has 1 aliphatic carbocycles. The van der Waals surface area contributed by atoms with Crippen molar-refractivity contribution in [3.05, 3.63) is 29.8 Å². The van der Waals surface area contributed by atoms with E-state index in [-0.39, 0.29) is 17.5 Å². The molecule has 0 aliphatic heterocycles. The number of hydrogen-bond acceptors (Lipinski definition) is 5. The molecule has 0 unspecified atom stereocenters. The molecule has 7 heteroatoms. The third kappa shape index (κ3) is 4.53. The van der Waals surface area contributed by atoms with Crippen molar-refractivity contribution in [2.45, 2.75) is 43.1 Å². The Balaban J connectivity index is 1.98. The summed E-state index contributed by atoms with van der Waals surface area (Å²) in [6, 6.07) is 7.51. The topological polar surface area (TPSA) is 87.5 Å². The van der Waals surface area contributed by atoms with E-state index >= 15 is 0 Å². The van der Waals surface area contributed by atoms with Gasteiger partial charge in [-0.05, 0) is 49.9 Å². The SMILES string of the molecule is CN(CC(=O)OC1CCCCC1)S(=O)(=O)c1ccc(C#N)cc1. The van der Waals surface area contributed by atoms with E-state index in [0.717, 1.165) is 36.4 Å². The fraction of sp³-hybridized carbons (Fsp3) is 0.500. The van der Waals surface area contributed by atoms with Crippen LogP contribution >= 0.6 is 0 Å². The summed E-state index contributed by atoms with van der Waals surface area (Å²) in [5.74, 6) is -0.531. The minimum Gasteiger partial charge on any atom is -0.461 e. The number of esters is 1. The molecule has 0 spiro atoms. The Hall–Kier alpha value is -1.91. The number of likely N-dealkylation sites (N-methyl/N-ethyl adjacent to an activating group) is 1. The minimum atomic E-state index is -3.78. The van der Waals surface area contributed by atoms with Crippen LogP contribution in [0.2, 0.25) is 0 Å². The highest BCUT2D eigenvalue weighted by Crippen LogP contribution is 2.21. The van der Waals surface area contributed by atoms with E-state index in [4.69, 9.17) is 10.00 Å². The van der Waals surface area contributed by atoms with E-state index in [9.17, 15) is 13.2 Å². The number of nitrogens with zero attached hydrogens (tertiary/aromatic N) is 2. The number of benzene rings is 1. The van der Waals surface area contributed by atoms with Crippen molar-refractivity contribution >= 4 is 16.0 Å². The number of sulfonamides is 1. The number of nitriles is 1. The van der Waals surface area contributed by atoms with Gasteiger partial charge in [0.1, 0.15) is 12.6 Å². The summed E-state index contributed by atoms with van der Waals surface area (Å²) in [6.45, 7) is -0.321. The number of hydrogen-bond donors (Lipinski definition) is 0. The highest BCUT2D eigenvalue weighted by molar-refractivity contribution is 7.89. The van der Waals surface area contributed by atoms with Gasteiger partial charge in [0.25, 0.3) is 0 Å². The highest BCUT2D eigenvalue weighted by atomic mass is 32.2. The first-order chi connectivity index (χ1) is 10.9. The summed E-state index contributed by atoms with van der Waals surface area (Å²) in [5, 5.41) is 8.74. The van der Waals surface area contributed by atoms with Gasteiger partial charge in [0.15, 0.2) is 0 Å². The summed E-state index contributed by atoms with van der Waals surface area (Å²) in [5.41, 5.74) is 0.378. The van der Waals surface area contributed by atoms with Crippen LogP contribution in [0.1, 0.15) is 37.7 Å². The number of ether oxygens (including phenoxy) is 1. The quantitative estimate of drug-likeness (QED) is 0.768. The number of carbonyl (C=O) groups is 1. The zero-order valence-corrected chi connectivity index (χ0v) is 13.9. The van der Waals surface area contributed by atoms with Crippen molar-refractivity contribution in [2.75, 3.05) is 13.6 Å².